The molecule has 0 spiro atoms. The van der Waals surface area contributed by atoms with Gasteiger partial charge in [0, 0.05) is 31.9 Å². The topological polar surface area (TPSA) is 165 Å². The minimum absolute atomic E-state index is 0.0353. The Labute approximate surface area is 379 Å². The molecule has 2 aromatic heterocycles. The van der Waals surface area contributed by atoms with Crippen molar-refractivity contribution in [1.82, 2.24) is 19.1 Å². The third-order valence-electron chi connectivity index (χ3n) is 7.46. The van der Waals surface area contributed by atoms with E-state index >= 15 is 0 Å². The Kier molecular flexibility index (Phi) is 15.5. The van der Waals surface area contributed by atoms with Crippen molar-refractivity contribution in [3.63, 3.8) is 0 Å². The number of ether oxygens (including phenoxy) is 4. The van der Waals surface area contributed by atoms with E-state index in [1.165, 1.54) is 17.0 Å². The summed E-state index contributed by atoms with van der Waals surface area (Å²) in [7, 11) is 0. The van der Waals surface area contributed by atoms with Crippen LogP contribution < -0.4 is 10.6 Å². The minimum Gasteiger partial charge on any atom is -0.444 e. The van der Waals surface area contributed by atoms with Gasteiger partial charge in [-0.3, -0.25) is 10.6 Å². The van der Waals surface area contributed by atoms with Crippen molar-refractivity contribution in [2.45, 2.75) is 105 Å². The number of rotatable bonds is 4. The molecular weight excluding hydrogens is 929 g/mol. The maximum absolute atomic E-state index is 13.6. The molecule has 0 aliphatic carbocycles. The van der Waals surface area contributed by atoms with Gasteiger partial charge in [-0.05, 0) is 130 Å². The van der Waals surface area contributed by atoms with E-state index in [1.54, 1.807) is 107 Å². The van der Waals surface area contributed by atoms with Gasteiger partial charge >= 0.3 is 24.4 Å². The van der Waals surface area contributed by atoms with Crippen LogP contribution in [0.25, 0.3) is 22.5 Å². The highest BCUT2D eigenvalue weighted by Crippen LogP contribution is 2.30. The quantitative estimate of drug-likeness (QED) is 0.101. The molecule has 0 bridgehead atoms. The lowest BCUT2D eigenvalue weighted by atomic mass is 10.0. The highest BCUT2D eigenvalue weighted by Gasteiger charge is 2.29. The summed E-state index contributed by atoms with van der Waals surface area (Å²) in [6.45, 7) is 20.8. The lowest BCUT2D eigenvalue weighted by Gasteiger charge is -2.22. The van der Waals surface area contributed by atoms with Crippen LogP contribution in [0.2, 0.25) is 0 Å². The van der Waals surface area contributed by atoms with Gasteiger partial charge in [-0.25, -0.2) is 47.1 Å². The number of hydrogen-bond acceptors (Lipinski definition) is 10. The second-order valence-corrected chi connectivity index (χ2v) is 18.9. The van der Waals surface area contributed by atoms with E-state index in [9.17, 15) is 28.0 Å². The van der Waals surface area contributed by atoms with Crippen LogP contribution in [0.4, 0.5) is 39.9 Å². The van der Waals surface area contributed by atoms with Gasteiger partial charge in [-0.1, -0.05) is 48.2 Å². The van der Waals surface area contributed by atoms with Crippen molar-refractivity contribution in [3.05, 3.63) is 105 Å². The molecule has 0 aliphatic heterocycles. The molecule has 0 saturated heterocycles. The predicted molar refractivity (Wildman–Crippen MR) is 243 cm³/mol. The van der Waals surface area contributed by atoms with Crippen LogP contribution in [0.15, 0.2) is 79.1 Å². The van der Waals surface area contributed by atoms with E-state index in [-0.39, 0.29) is 23.2 Å². The Morgan fingerprint density at radius 3 is 1.40 bits per heavy atom. The number of amides is 2. The molecule has 0 radical (unpaired) electrons. The number of benzene rings is 3. The molecule has 2 N–H and O–H groups in total. The van der Waals surface area contributed by atoms with Crippen molar-refractivity contribution in [3.8, 4) is 34.4 Å². The molecule has 17 heteroatoms. The first kappa shape index (κ1) is 49.4. The largest absolute Gasteiger partial charge is 0.444 e. The third kappa shape index (κ3) is 15.2. The molecule has 3 aromatic carbocycles. The predicted octanol–water partition coefficient (Wildman–Crippen LogP) is 11.6. The van der Waals surface area contributed by atoms with Crippen LogP contribution in [-0.4, -0.2) is 65.9 Å². The third-order valence-corrected chi connectivity index (χ3v) is 8.40. The van der Waals surface area contributed by atoms with Crippen LogP contribution in [-0.2, 0) is 18.9 Å². The Balaban J connectivity index is 0.000000288. The van der Waals surface area contributed by atoms with Gasteiger partial charge in [0.2, 0.25) is 11.9 Å². The summed E-state index contributed by atoms with van der Waals surface area (Å²) in [6, 6.07) is 17.4. The van der Waals surface area contributed by atoms with E-state index in [4.69, 9.17) is 18.9 Å². The summed E-state index contributed by atoms with van der Waals surface area (Å²) < 4.78 is 52.0. The lowest BCUT2D eigenvalue weighted by Crippen LogP contribution is -2.31. The highest BCUT2D eigenvalue weighted by molar-refractivity contribution is 14.1. The first-order valence-corrected chi connectivity index (χ1v) is 20.6. The van der Waals surface area contributed by atoms with Gasteiger partial charge in [0.05, 0.1) is 23.8 Å². The summed E-state index contributed by atoms with van der Waals surface area (Å²) in [5.74, 6) is 4.07. The second-order valence-electron chi connectivity index (χ2n) is 17.8. The number of halogens is 3. The fourth-order valence-corrected chi connectivity index (χ4v) is 5.95. The van der Waals surface area contributed by atoms with E-state index in [1.807, 2.05) is 24.3 Å². The molecule has 63 heavy (non-hydrogen) atoms. The van der Waals surface area contributed by atoms with Crippen LogP contribution in [0.1, 0.15) is 94.2 Å². The van der Waals surface area contributed by atoms with Crippen molar-refractivity contribution in [2.75, 3.05) is 10.6 Å². The molecule has 5 rings (SSSR count). The Morgan fingerprint density at radius 1 is 0.571 bits per heavy atom. The minimum atomic E-state index is -0.831. The Bertz CT molecular complexity index is 2530. The molecule has 334 valence electrons. The SMILES string of the molecule is CC(C)(C)OC(=O)Nc1ncc(-c2ccccc2C#Cc2cc(F)cc(F)c2)n1C(=O)OC(C)(C)C.CC(C)(C)OC(=O)Nc1ncc(-c2ccccc2I)n1C(=O)OC(C)(C)C. The molecule has 2 heterocycles. The zero-order valence-corrected chi connectivity index (χ0v) is 39.4. The van der Waals surface area contributed by atoms with Gasteiger partial charge in [0.15, 0.2) is 0 Å². The maximum Gasteiger partial charge on any atom is 0.421 e. The maximum atomic E-state index is 13.6. The number of nitrogens with one attached hydrogen (secondary N) is 2. The number of aromatic nitrogens is 4. The zero-order chi connectivity index (χ0) is 47.1. The van der Waals surface area contributed by atoms with Gasteiger partial charge in [0.1, 0.15) is 34.0 Å². The summed E-state index contributed by atoms with van der Waals surface area (Å²) in [4.78, 5) is 58.9. The molecule has 2 amide bonds. The fourth-order valence-electron chi connectivity index (χ4n) is 5.28. The van der Waals surface area contributed by atoms with Gasteiger partial charge in [-0.2, -0.15) is 0 Å². The van der Waals surface area contributed by atoms with E-state index in [0.29, 0.717) is 16.8 Å². The standard InChI is InChI=1S/C27H27F2N3O4.C19H24IN3O4/c1-26(2,3)35-24(33)31-23-30-16-22(32(23)25(34)36-27(4,5)6)21-10-8-7-9-18(21)12-11-17-13-19(28)15-20(29)14-17;1-18(2,3)26-16(24)22-15-21-11-14(12-9-7-8-10-13(12)20)23(15)17(25)27-19(4,5)6/h7-10,13-16H,1-6H3,(H,30,31,33);7-11H,1-6H3,(H,21,22,24). The van der Waals surface area contributed by atoms with Crippen LogP contribution in [0.3, 0.4) is 0 Å². The van der Waals surface area contributed by atoms with Crippen molar-refractivity contribution in [1.29, 1.82) is 0 Å². The average Bonchev–Trinajstić information content (AvgIpc) is 3.72. The Hall–Kier alpha value is -6.29. The average molecular weight is 981 g/mol. The Morgan fingerprint density at radius 2 is 0.968 bits per heavy atom. The molecule has 5 aromatic rings. The van der Waals surface area contributed by atoms with Gasteiger partial charge < -0.3 is 18.9 Å². The van der Waals surface area contributed by atoms with Crippen LogP contribution >= 0.6 is 22.6 Å². The van der Waals surface area contributed by atoms with Gasteiger partial charge in [-0.15, -0.1) is 0 Å². The molecule has 14 nitrogen and oxygen atoms in total. The number of carbonyl (C=O) groups is 4. The van der Waals surface area contributed by atoms with E-state index in [0.717, 1.165) is 31.9 Å². The first-order valence-electron chi connectivity index (χ1n) is 19.5. The normalized spacial score (nSPS) is 11.5. The molecule has 0 saturated carbocycles. The second kappa shape index (κ2) is 19.8. The molecule has 0 fully saturated rings. The van der Waals surface area contributed by atoms with Crippen molar-refractivity contribution in [2.24, 2.45) is 0 Å². The molecule has 0 aliphatic rings. The molecular formula is C46H51F2IN6O8. The van der Waals surface area contributed by atoms with E-state index in [2.05, 4.69) is 55.0 Å². The number of nitrogens with zero attached hydrogens (tertiary/aromatic N) is 4. The van der Waals surface area contributed by atoms with Crippen LogP contribution in [0, 0.1) is 27.0 Å². The fraction of sp³-hybridized carbons (Fsp3) is 0.348. The highest BCUT2D eigenvalue weighted by atomic mass is 127. The number of imidazole rings is 2. The van der Waals surface area contributed by atoms with Crippen LogP contribution in [0.5, 0.6) is 0 Å². The van der Waals surface area contributed by atoms with Gasteiger partial charge in [0.25, 0.3) is 0 Å². The van der Waals surface area contributed by atoms with E-state index < -0.39 is 58.4 Å². The molecule has 0 atom stereocenters. The smallest absolute Gasteiger partial charge is 0.421 e. The summed E-state index contributed by atoms with van der Waals surface area (Å²) >= 11 is 2.18. The van der Waals surface area contributed by atoms with Crippen molar-refractivity contribution < 1.29 is 46.9 Å². The monoisotopic (exact) mass is 980 g/mol. The number of hydrogen-bond donors (Lipinski definition) is 2. The first-order chi connectivity index (χ1) is 29.1. The number of carbonyl (C=O) groups excluding carboxylic acids is 4. The zero-order valence-electron chi connectivity index (χ0n) is 37.2. The van der Waals surface area contributed by atoms with Crippen molar-refractivity contribution >= 4 is 58.9 Å². The lowest BCUT2D eigenvalue weighted by molar-refractivity contribution is 0.0526. The summed E-state index contributed by atoms with van der Waals surface area (Å²) in [6.07, 6.45) is -0.0118. The summed E-state index contributed by atoms with van der Waals surface area (Å²) in [5.41, 5.74) is -0.295. The molecule has 0 unspecified atom stereocenters. The number of anilines is 2. The summed E-state index contributed by atoms with van der Waals surface area (Å²) in [5, 5.41) is 5.01.